The van der Waals surface area contributed by atoms with Crippen LogP contribution in [0, 0.1) is 0 Å². The number of carbonyl (C=O) groups excluding carboxylic acids is 1. The van der Waals surface area contributed by atoms with Gasteiger partial charge in [0.25, 0.3) is 5.56 Å². The second kappa shape index (κ2) is 11.3. The Kier molecular flexibility index (Phi) is 7.63. The smallest absolute Gasteiger partial charge is 0.322 e. The van der Waals surface area contributed by atoms with Crippen LogP contribution in [-0.4, -0.2) is 34.1 Å². The molecule has 0 atom stereocenters. The fourth-order valence-corrected chi connectivity index (χ4v) is 4.80. The van der Waals surface area contributed by atoms with Gasteiger partial charge in [-0.05, 0) is 60.2 Å². The van der Waals surface area contributed by atoms with Gasteiger partial charge in [-0.3, -0.25) is 4.79 Å². The molecule has 9 nitrogen and oxygen atoms in total. The van der Waals surface area contributed by atoms with Gasteiger partial charge in [0.05, 0.1) is 41.3 Å². The van der Waals surface area contributed by atoms with Crippen LogP contribution >= 0.6 is 23.2 Å². The molecule has 0 bridgehead atoms. The number of hydrogen-bond donors (Lipinski definition) is 3. The van der Waals surface area contributed by atoms with Crippen LogP contribution in [-0.2, 0) is 19.5 Å². The summed E-state index contributed by atoms with van der Waals surface area (Å²) in [6.07, 6.45) is 0.423. The van der Waals surface area contributed by atoms with E-state index >= 15 is 0 Å². The topological polar surface area (TPSA) is 115 Å². The SMILES string of the molecule is COc1ccc(CNc2nc3c(c(=O)n2-c2ccc(N)cc2)CN(C(=O)Nc2ccc(Cl)cc2Cl)CC3)cc1. The van der Waals surface area contributed by atoms with Gasteiger partial charge in [-0.1, -0.05) is 35.3 Å². The molecule has 4 N–H and O–H groups in total. The lowest BCUT2D eigenvalue weighted by Crippen LogP contribution is -2.43. The van der Waals surface area contributed by atoms with Crippen LogP contribution in [0.25, 0.3) is 5.69 Å². The minimum absolute atomic E-state index is 0.103. The molecular weight excluding hydrogens is 539 g/mol. The first-order valence-electron chi connectivity index (χ1n) is 12.2. The Morgan fingerprint density at radius 3 is 2.51 bits per heavy atom. The number of nitrogen functional groups attached to an aromatic ring is 1. The average molecular weight is 565 g/mol. The first-order valence-corrected chi connectivity index (χ1v) is 13.0. The van der Waals surface area contributed by atoms with Gasteiger partial charge in [-0.15, -0.1) is 0 Å². The highest BCUT2D eigenvalue weighted by atomic mass is 35.5. The molecule has 0 fully saturated rings. The third-order valence-electron chi connectivity index (χ3n) is 6.45. The number of urea groups is 1. The lowest BCUT2D eigenvalue weighted by molar-refractivity contribution is 0.205. The van der Waals surface area contributed by atoms with Crippen molar-refractivity contribution in [1.29, 1.82) is 0 Å². The van der Waals surface area contributed by atoms with E-state index in [-0.39, 0.29) is 18.1 Å². The van der Waals surface area contributed by atoms with Crippen molar-refractivity contribution in [3.63, 3.8) is 0 Å². The molecule has 3 aromatic carbocycles. The average Bonchev–Trinajstić information content (AvgIpc) is 2.94. The van der Waals surface area contributed by atoms with E-state index in [1.54, 1.807) is 54.5 Å². The molecule has 200 valence electrons. The number of methoxy groups -OCH3 is 1. The number of ether oxygens (including phenoxy) is 1. The molecule has 4 aromatic rings. The van der Waals surface area contributed by atoms with Crippen molar-refractivity contribution in [1.82, 2.24) is 14.5 Å². The van der Waals surface area contributed by atoms with Crippen molar-refractivity contribution in [2.45, 2.75) is 19.5 Å². The first kappa shape index (κ1) is 26.4. The molecule has 1 aliphatic rings. The zero-order valence-electron chi connectivity index (χ0n) is 21.1. The summed E-state index contributed by atoms with van der Waals surface area (Å²) in [5, 5.41) is 6.91. The highest BCUT2D eigenvalue weighted by Gasteiger charge is 2.27. The van der Waals surface area contributed by atoms with Crippen LogP contribution in [0.3, 0.4) is 0 Å². The first-order chi connectivity index (χ1) is 18.8. The van der Waals surface area contributed by atoms with Gasteiger partial charge in [-0.2, -0.15) is 0 Å². The Labute approximate surface area is 235 Å². The summed E-state index contributed by atoms with van der Waals surface area (Å²) in [4.78, 5) is 33.3. The number of fused-ring (bicyclic) bond motifs is 1. The summed E-state index contributed by atoms with van der Waals surface area (Å²) in [5.41, 5.74) is 9.35. The van der Waals surface area contributed by atoms with Crippen molar-refractivity contribution in [3.8, 4) is 11.4 Å². The Morgan fingerprint density at radius 2 is 1.82 bits per heavy atom. The Bertz CT molecular complexity index is 1570. The molecule has 39 heavy (non-hydrogen) atoms. The number of anilines is 3. The number of nitrogens with zero attached hydrogens (tertiary/aromatic N) is 3. The monoisotopic (exact) mass is 564 g/mol. The number of rotatable bonds is 6. The Morgan fingerprint density at radius 1 is 1.08 bits per heavy atom. The second-order valence-electron chi connectivity index (χ2n) is 9.02. The number of benzene rings is 3. The van der Waals surface area contributed by atoms with Gasteiger partial charge in [0.15, 0.2) is 0 Å². The van der Waals surface area contributed by atoms with Gasteiger partial charge < -0.3 is 26.0 Å². The zero-order valence-corrected chi connectivity index (χ0v) is 22.6. The lowest BCUT2D eigenvalue weighted by Gasteiger charge is -2.29. The normalized spacial score (nSPS) is 12.5. The number of carbonyl (C=O) groups is 1. The minimum Gasteiger partial charge on any atom is -0.497 e. The summed E-state index contributed by atoms with van der Waals surface area (Å²) in [7, 11) is 1.62. The number of nitrogens with one attached hydrogen (secondary N) is 2. The summed E-state index contributed by atoms with van der Waals surface area (Å²) in [6, 6.07) is 19.1. The number of hydrogen-bond acceptors (Lipinski definition) is 6. The third-order valence-corrected chi connectivity index (χ3v) is 7.00. The molecule has 0 spiro atoms. The molecule has 2 amide bonds. The van der Waals surface area contributed by atoms with Gasteiger partial charge in [-0.25, -0.2) is 14.3 Å². The van der Waals surface area contributed by atoms with E-state index in [2.05, 4.69) is 10.6 Å². The van der Waals surface area contributed by atoms with Crippen LogP contribution in [0.4, 0.5) is 22.1 Å². The van der Waals surface area contributed by atoms with Crippen molar-refractivity contribution < 1.29 is 9.53 Å². The van der Waals surface area contributed by atoms with E-state index in [1.807, 2.05) is 24.3 Å². The molecule has 5 rings (SSSR count). The number of halogens is 2. The minimum atomic E-state index is -0.370. The number of nitrogens with two attached hydrogens (primary N) is 1. The van der Waals surface area contributed by atoms with Crippen LogP contribution < -0.4 is 26.7 Å². The summed E-state index contributed by atoms with van der Waals surface area (Å²) < 4.78 is 6.75. The van der Waals surface area contributed by atoms with Gasteiger partial charge in [0.1, 0.15) is 5.75 Å². The summed E-state index contributed by atoms with van der Waals surface area (Å²) in [5.74, 6) is 1.17. The van der Waals surface area contributed by atoms with Crippen LogP contribution in [0.15, 0.2) is 71.5 Å². The summed E-state index contributed by atoms with van der Waals surface area (Å²) >= 11 is 12.2. The molecule has 0 aliphatic carbocycles. The van der Waals surface area contributed by atoms with Gasteiger partial charge >= 0.3 is 6.03 Å². The van der Waals surface area contributed by atoms with Crippen molar-refractivity contribution in [3.05, 3.63) is 104 Å². The molecule has 2 heterocycles. The Balaban J connectivity index is 1.45. The van der Waals surface area contributed by atoms with Crippen LogP contribution in [0.5, 0.6) is 5.75 Å². The molecule has 1 aliphatic heterocycles. The quantitative estimate of drug-likeness (QED) is 0.272. The maximum atomic E-state index is 13.9. The maximum Gasteiger partial charge on any atom is 0.322 e. The molecular formula is C28H26Cl2N6O3. The number of aromatic nitrogens is 2. The Hall–Kier alpha value is -4.21. The summed E-state index contributed by atoms with van der Waals surface area (Å²) in [6.45, 7) is 0.937. The van der Waals surface area contributed by atoms with E-state index < -0.39 is 0 Å². The zero-order chi connectivity index (χ0) is 27.5. The van der Waals surface area contributed by atoms with Crippen LogP contribution in [0.1, 0.15) is 16.8 Å². The van der Waals surface area contributed by atoms with Crippen LogP contribution in [0.2, 0.25) is 10.0 Å². The van der Waals surface area contributed by atoms with E-state index in [9.17, 15) is 9.59 Å². The van der Waals surface area contributed by atoms with Crippen molar-refractivity contribution in [2.75, 3.05) is 30.0 Å². The molecule has 0 radical (unpaired) electrons. The largest absolute Gasteiger partial charge is 0.497 e. The van der Waals surface area contributed by atoms with E-state index in [0.29, 0.717) is 63.8 Å². The van der Waals surface area contributed by atoms with E-state index in [0.717, 1.165) is 11.3 Å². The van der Waals surface area contributed by atoms with E-state index in [1.165, 1.54) is 4.57 Å². The van der Waals surface area contributed by atoms with E-state index in [4.69, 9.17) is 38.7 Å². The molecule has 0 saturated carbocycles. The molecule has 11 heteroatoms. The lowest BCUT2D eigenvalue weighted by atomic mass is 10.1. The highest BCUT2D eigenvalue weighted by Crippen LogP contribution is 2.27. The predicted molar refractivity (Wildman–Crippen MR) is 154 cm³/mol. The predicted octanol–water partition coefficient (Wildman–Crippen LogP) is 5.33. The number of amides is 2. The highest BCUT2D eigenvalue weighted by molar-refractivity contribution is 6.36. The van der Waals surface area contributed by atoms with Crippen molar-refractivity contribution in [2.24, 2.45) is 0 Å². The third kappa shape index (κ3) is 5.79. The van der Waals surface area contributed by atoms with Crippen molar-refractivity contribution >= 4 is 46.6 Å². The van der Waals surface area contributed by atoms with Gasteiger partial charge in [0, 0.05) is 30.2 Å². The second-order valence-corrected chi connectivity index (χ2v) is 9.86. The fraction of sp³-hybridized carbons (Fsp3) is 0.179. The standard InChI is InChI=1S/C28H26Cl2N6O3/c1-39-21-9-2-17(3-10-21)15-32-27-33-24-12-13-35(28(38)34-25-11-4-18(29)14-23(25)30)16-22(24)26(37)36(27)20-7-5-19(31)6-8-20/h2-11,14H,12-13,15-16,31H2,1H3,(H,32,33)(H,34,38). The molecule has 1 aromatic heterocycles. The maximum absolute atomic E-state index is 13.9. The fourth-order valence-electron chi connectivity index (χ4n) is 4.34. The molecule has 0 unspecified atom stereocenters. The molecule has 0 saturated heterocycles. The van der Waals surface area contributed by atoms with Gasteiger partial charge in [0.2, 0.25) is 5.95 Å².